The predicted molar refractivity (Wildman–Crippen MR) is 104 cm³/mol. The second kappa shape index (κ2) is 6.76. The third kappa shape index (κ3) is 3.05. The Hall–Kier alpha value is -3.53. The number of benzene rings is 2. The van der Waals surface area contributed by atoms with Crippen LogP contribution >= 0.6 is 0 Å². The second-order valence-electron chi connectivity index (χ2n) is 6.08. The number of fused-ring (bicyclic) bond motifs is 1. The third-order valence-corrected chi connectivity index (χ3v) is 4.32. The van der Waals surface area contributed by atoms with Crippen LogP contribution < -0.4 is 5.32 Å². The van der Waals surface area contributed by atoms with Gasteiger partial charge in [0.2, 0.25) is 0 Å². The average molecular weight is 339 g/mol. The zero-order valence-electron chi connectivity index (χ0n) is 14.3. The van der Waals surface area contributed by atoms with E-state index in [-0.39, 0.29) is 5.91 Å². The van der Waals surface area contributed by atoms with Crippen LogP contribution in [0.2, 0.25) is 0 Å². The van der Waals surface area contributed by atoms with Crippen molar-refractivity contribution in [1.29, 1.82) is 0 Å². The van der Waals surface area contributed by atoms with E-state index in [0.717, 1.165) is 27.7 Å². The zero-order chi connectivity index (χ0) is 17.9. The Balaban J connectivity index is 1.85. The van der Waals surface area contributed by atoms with E-state index in [1.165, 1.54) is 0 Å². The zero-order valence-corrected chi connectivity index (χ0v) is 14.3. The summed E-state index contributed by atoms with van der Waals surface area (Å²) in [5.74, 6) is -0.162. The highest BCUT2D eigenvalue weighted by Crippen LogP contribution is 2.27. The van der Waals surface area contributed by atoms with Gasteiger partial charge in [-0.2, -0.15) is 0 Å². The van der Waals surface area contributed by atoms with E-state index in [4.69, 9.17) is 4.98 Å². The summed E-state index contributed by atoms with van der Waals surface area (Å²) in [5, 5.41) is 3.77. The fourth-order valence-electron chi connectivity index (χ4n) is 3.00. The molecule has 0 aliphatic rings. The molecule has 0 saturated heterocycles. The highest BCUT2D eigenvalue weighted by molar-refractivity contribution is 6.13. The monoisotopic (exact) mass is 339 g/mol. The minimum atomic E-state index is -0.162. The number of pyridine rings is 2. The van der Waals surface area contributed by atoms with Gasteiger partial charge in [-0.25, -0.2) is 4.98 Å². The van der Waals surface area contributed by atoms with Gasteiger partial charge in [0.05, 0.1) is 16.8 Å². The molecule has 126 valence electrons. The lowest BCUT2D eigenvalue weighted by atomic mass is 10.0. The number of para-hydroxylation sites is 1. The molecule has 2 aromatic heterocycles. The van der Waals surface area contributed by atoms with Crippen LogP contribution in [0.4, 0.5) is 5.69 Å². The van der Waals surface area contributed by atoms with Crippen molar-refractivity contribution in [2.75, 3.05) is 5.32 Å². The molecule has 0 radical (unpaired) electrons. The number of nitrogens with one attached hydrogen (secondary N) is 1. The van der Waals surface area contributed by atoms with Crippen LogP contribution in [0.15, 0.2) is 79.1 Å². The molecule has 1 amide bonds. The summed E-state index contributed by atoms with van der Waals surface area (Å²) < 4.78 is 0. The van der Waals surface area contributed by atoms with Gasteiger partial charge in [0.25, 0.3) is 5.91 Å². The van der Waals surface area contributed by atoms with Crippen LogP contribution in [0.5, 0.6) is 0 Å². The highest BCUT2D eigenvalue weighted by Gasteiger charge is 2.15. The fraction of sp³-hybridized carbons (Fsp3) is 0.0455. The number of hydrogen-bond acceptors (Lipinski definition) is 3. The van der Waals surface area contributed by atoms with Crippen molar-refractivity contribution in [3.05, 3.63) is 90.3 Å². The van der Waals surface area contributed by atoms with Crippen LogP contribution in [0.25, 0.3) is 22.2 Å². The normalized spacial score (nSPS) is 10.7. The van der Waals surface area contributed by atoms with E-state index in [1.807, 2.05) is 61.5 Å². The van der Waals surface area contributed by atoms with Gasteiger partial charge >= 0.3 is 0 Å². The van der Waals surface area contributed by atoms with Crippen molar-refractivity contribution in [3.8, 4) is 11.3 Å². The maximum Gasteiger partial charge on any atom is 0.256 e. The molecule has 1 N–H and O–H groups in total. The molecule has 2 heterocycles. The molecule has 0 unspecified atom stereocenters. The molecule has 2 aromatic carbocycles. The van der Waals surface area contributed by atoms with Gasteiger partial charge in [0.15, 0.2) is 0 Å². The summed E-state index contributed by atoms with van der Waals surface area (Å²) >= 11 is 0. The quantitative estimate of drug-likeness (QED) is 0.580. The minimum Gasteiger partial charge on any atom is -0.322 e. The van der Waals surface area contributed by atoms with Crippen molar-refractivity contribution in [1.82, 2.24) is 9.97 Å². The molecule has 0 atom stereocenters. The average Bonchev–Trinajstić information content (AvgIpc) is 2.68. The lowest BCUT2D eigenvalue weighted by Crippen LogP contribution is -2.13. The summed E-state index contributed by atoms with van der Waals surface area (Å²) in [7, 11) is 0. The number of carbonyl (C=O) groups excluding carboxylic acids is 1. The van der Waals surface area contributed by atoms with Gasteiger partial charge in [-0.05, 0) is 36.8 Å². The second-order valence-corrected chi connectivity index (χ2v) is 6.08. The molecular weight excluding hydrogens is 322 g/mol. The van der Waals surface area contributed by atoms with E-state index in [2.05, 4.69) is 10.3 Å². The number of rotatable bonds is 3. The molecule has 0 aliphatic heterocycles. The predicted octanol–water partition coefficient (Wildman–Crippen LogP) is 4.86. The number of aryl methyl sites for hydroxylation is 1. The molecule has 0 spiro atoms. The molecule has 0 bridgehead atoms. The summed E-state index contributed by atoms with van der Waals surface area (Å²) in [6, 6.07) is 21.1. The summed E-state index contributed by atoms with van der Waals surface area (Å²) in [5.41, 5.74) is 5.05. The first-order valence-electron chi connectivity index (χ1n) is 8.39. The Morgan fingerprint density at radius 2 is 1.65 bits per heavy atom. The van der Waals surface area contributed by atoms with Crippen LogP contribution in [-0.2, 0) is 0 Å². The molecule has 26 heavy (non-hydrogen) atoms. The Morgan fingerprint density at radius 3 is 2.46 bits per heavy atom. The molecule has 4 heteroatoms. The van der Waals surface area contributed by atoms with Gasteiger partial charge in [-0.3, -0.25) is 9.78 Å². The highest BCUT2D eigenvalue weighted by atomic mass is 16.1. The molecule has 4 nitrogen and oxygen atoms in total. The van der Waals surface area contributed by atoms with E-state index in [1.54, 1.807) is 24.5 Å². The van der Waals surface area contributed by atoms with E-state index >= 15 is 0 Å². The van der Waals surface area contributed by atoms with Gasteiger partial charge in [0.1, 0.15) is 0 Å². The van der Waals surface area contributed by atoms with E-state index in [9.17, 15) is 4.79 Å². The lowest BCUT2D eigenvalue weighted by molar-refractivity contribution is 0.102. The summed E-state index contributed by atoms with van der Waals surface area (Å²) in [6.45, 7) is 2.04. The molecular formula is C22H17N3O. The molecule has 0 saturated carbocycles. The minimum absolute atomic E-state index is 0.162. The lowest BCUT2D eigenvalue weighted by Gasteiger charge is -2.12. The van der Waals surface area contributed by atoms with Crippen molar-refractivity contribution >= 4 is 22.5 Å². The van der Waals surface area contributed by atoms with E-state index in [0.29, 0.717) is 11.3 Å². The molecule has 4 rings (SSSR count). The first-order valence-corrected chi connectivity index (χ1v) is 8.39. The maximum absolute atomic E-state index is 12.9. The van der Waals surface area contributed by atoms with Gasteiger partial charge in [0, 0.05) is 29.0 Å². The number of aromatic nitrogens is 2. The maximum atomic E-state index is 12.9. The van der Waals surface area contributed by atoms with E-state index < -0.39 is 0 Å². The molecule has 4 aromatic rings. The molecule has 0 fully saturated rings. The summed E-state index contributed by atoms with van der Waals surface area (Å²) in [4.78, 5) is 21.7. The van der Waals surface area contributed by atoms with Crippen LogP contribution in [0.3, 0.4) is 0 Å². The van der Waals surface area contributed by atoms with Crippen molar-refractivity contribution < 1.29 is 4.79 Å². The largest absolute Gasteiger partial charge is 0.322 e. The standard InChI is InChI=1S/C22H17N3O/c1-15-6-2-3-7-17(15)21-14-19(18-8-4-5-9-20(18)25-21)22(26)24-16-10-12-23-13-11-16/h2-14H,1H3,(H,23,24,26). The Kier molecular flexibility index (Phi) is 4.15. The summed E-state index contributed by atoms with van der Waals surface area (Å²) in [6.07, 6.45) is 3.30. The number of nitrogens with zero attached hydrogens (tertiary/aromatic N) is 2. The van der Waals surface area contributed by atoms with Crippen LogP contribution in [0, 0.1) is 6.92 Å². The van der Waals surface area contributed by atoms with Crippen LogP contribution in [-0.4, -0.2) is 15.9 Å². The number of carbonyl (C=O) groups is 1. The fourth-order valence-corrected chi connectivity index (χ4v) is 3.00. The van der Waals surface area contributed by atoms with Crippen molar-refractivity contribution in [2.45, 2.75) is 6.92 Å². The number of amides is 1. The Labute approximate surface area is 151 Å². The van der Waals surface area contributed by atoms with Gasteiger partial charge < -0.3 is 5.32 Å². The molecule has 0 aliphatic carbocycles. The Bertz CT molecular complexity index is 1090. The Morgan fingerprint density at radius 1 is 0.923 bits per heavy atom. The third-order valence-electron chi connectivity index (χ3n) is 4.32. The van der Waals surface area contributed by atoms with Crippen LogP contribution in [0.1, 0.15) is 15.9 Å². The SMILES string of the molecule is Cc1ccccc1-c1cc(C(=O)Nc2ccncc2)c2ccccc2n1. The van der Waals surface area contributed by atoms with Gasteiger partial charge in [-0.1, -0.05) is 42.5 Å². The van der Waals surface area contributed by atoms with Gasteiger partial charge in [-0.15, -0.1) is 0 Å². The van der Waals surface area contributed by atoms with Crippen molar-refractivity contribution in [3.63, 3.8) is 0 Å². The first-order chi connectivity index (χ1) is 12.7. The van der Waals surface area contributed by atoms with Crippen molar-refractivity contribution in [2.24, 2.45) is 0 Å². The topological polar surface area (TPSA) is 54.9 Å². The first kappa shape index (κ1) is 16.0. The smallest absolute Gasteiger partial charge is 0.256 e. The number of hydrogen-bond donors (Lipinski definition) is 1. The number of anilines is 1.